The first kappa shape index (κ1) is 16.2. The molecule has 0 saturated carbocycles. The Labute approximate surface area is 111 Å². The standard InChI is InChI=1S/C11H14ClFN2O.ClH/c1-6(2)10(14)11(16)15-7-3-4-9(13)8(12)5-7;/h3-6,10H,14H2,1-2H3,(H,15,16);1H. The maximum atomic E-state index is 12.9. The molecule has 1 rings (SSSR count). The zero-order valence-electron chi connectivity index (χ0n) is 9.54. The molecule has 1 aromatic carbocycles. The number of nitrogens with two attached hydrogens (primary N) is 1. The van der Waals surface area contributed by atoms with Crippen molar-refractivity contribution in [3.8, 4) is 0 Å². The summed E-state index contributed by atoms with van der Waals surface area (Å²) in [5, 5.41) is 2.54. The number of carbonyl (C=O) groups is 1. The molecule has 0 aliphatic heterocycles. The summed E-state index contributed by atoms with van der Waals surface area (Å²) in [6.45, 7) is 3.70. The second kappa shape index (κ2) is 6.79. The molecular formula is C11H15Cl2FN2O. The van der Waals surface area contributed by atoms with E-state index in [2.05, 4.69) is 5.32 Å². The van der Waals surface area contributed by atoms with Crippen LogP contribution >= 0.6 is 24.0 Å². The number of carbonyl (C=O) groups excluding carboxylic acids is 1. The van der Waals surface area contributed by atoms with E-state index in [0.29, 0.717) is 5.69 Å². The predicted molar refractivity (Wildman–Crippen MR) is 70.1 cm³/mol. The summed E-state index contributed by atoms with van der Waals surface area (Å²) in [5.41, 5.74) is 6.09. The lowest BCUT2D eigenvalue weighted by molar-refractivity contribution is -0.118. The highest BCUT2D eigenvalue weighted by atomic mass is 35.5. The van der Waals surface area contributed by atoms with Crippen molar-refractivity contribution < 1.29 is 9.18 Å². The van der Waals surface area contributed by atoms with Crippen LogP contribution in [-0.2, 0) is 4.79 Å². The fraction of sp³-hybridized carbons (Fsp3) is 0.364. The van der Waals surface area contributed by atoms with Crippen LogP contribution < -0.4 is 11.1 Å². The van der Waals surface area contributed by atoms with Crippen LogP contribution in [0.1, 0.15) is 13.8 Å². The van der Waals surface area contributed by atoms with Gasteiger partial charge in [0, 0.05) is 5.69 Å². The summed E-state index contributed by atoms with van der Waals surface area (Å²) in [7, 11) is 0. The van der Waals surface area contributed by atoms with E-state index in [0.717, 1.165) is 0 Å². The molecule has 0 saturated heterocycles. The quantitative estimate of drug-likeness (QED) is 0.895. The van der Waals surface area contributed by atoms with Crippen molar-refractivity contribution in [1.82, 2.24) is 0 Å². The monoisotopic (exact) mass is 280 g/mol. The van der Waals surface area contributed by atoms with Crippen LogP contribution in [-0.4, -0.2) is 11.9 Å². The van der Waals surface area contributed by atoms with Gasteiger partial charge in [-0.25, -0.2) is 4.39 Å². The molecule has 0 bridgehead atoms. The lowest BCUT2D eigenvalue weighted by atomic mass is 10.1. The summed E-state index contributed by atoms with van der Waals surface area (Å²) in [6, 6.07) is 3.39. The Kier molecular flexibility index (Phi) is 6.45. The fourth-order valence-corrected chi connectivity index (χ4v) is 1.28. The third-order valence-electron chi connectivity index (χ3n) is 2.21. The summed E-state index contributed by atoms with van der Waals surface area (Å²) >= 11 is 5.58. The van der Waals surface area contributed by atoms with Gasteiger partial charge in [0.1, 0.15) is 5.82 Å². The number of benzene rings is 1. The normalized spacial score (nSPS) is 11.9. The molecule has 1 amide bonds. The number of hydrogen-bond acceptors (Lipinski definition) is 2. The molecule has 3 N–H and O–H groups in total. The molecule has 0 radical (unpaired) electrons. The average Bonchev–Trinajstić information content (AvgIpc) is 2.22. The van der Waals surface area contributed by atoms with Crippen molar-refractivity contribution in [2.75, 3.05) is 5.32 Å². The number of halogens is 3. The minimum atomic E-state index is -0.594. The zero-order chi connectivity index (χ0) is 12.3. The van der Waals surface area contributed by atoms with Crippen LogP contribution in [0.5, 0.6) is 0 Å². The third-order valence-corrected chi connectivity index (χ3v) is 2.50. The minimum Gasteiger partial charge on any atom is -0.325 e. The lowest BCUT2D eigenvalue weighted by Crippen LogP contribution is -2.39. The molecule has 17 heavy (non-hydrogen) atoms. The number of rotatable bonds is 3. The Hall–Kier alpha value is -0.840. The van der Waals surface area contributed by atoms with Crippen molar-refractivity contribution in [1.29, 1.82) is 0 Å². The van der Waals surface area contributed by atoms with Crippen molar-refractivity contribution in [2.45, 2.75) is 19.9 Å². The maximum absolute atomic E-state index is 12.9. The van der Waals surface area contributed by atoms with Gasteiger partial charge >= 0.3 is 0 Å². The number of nitrogens with one attached hydrogen (secondary N) is 1. The largest absolute Gasteiger partial charge is 0.325 e. The first-order valence-electron chi connectivity index (χ1n) is 4.93. The summed E-state index contributed by atoms with van der Waals surface area (Å²) in [6.07, 6.45) is 0. The first-order valence-corrected chi connectivity index (χ1v) is 5.31. The van der Waals surface area contributed by atoms with Gasteiger partial charge < -0.3 is 11.1 Å². The van der Waals surface area contributed by atoms with Crippen LogP contribution in [0.2, 0.25) is 5.02 Å². The van der Waals surface area contributed by atoms with Crippen molar-refractivity contribution in [3.63, 3.8) is 0 Å². The molecule has 6 heteroatoms. The van der Waals surface area contributed by atoms with E-state index in [1.165, 1.54) is 18.2 Å². The number of anilines is 1. The van der Waals surface area contributed by atoms with E-state index in [4.69, 9.17) is 17.3 Å². The van der Waals surface area contributed by atoms with Crippen LogP contribution in [0.4, 0.5) is 10.1 Å². The van der Waals surface area contributed by atoms with Gasteiger partial charge in [0.2, 0.25) is 5.91 Å². The Morgan fingerprint density at radius 1 is 1.47 bits per heavy atom. The van der Waals surface area contributed by atoms with E-state index in [1.807, 2.05) is 13.8 Å². The van der Waals surface area contributed by atoms with Crippen LogP contribution in [0.25, 0.3) is 0 Å². The number of amides is 1. The highest BCUT2D eigenvalue weighted by molar-refractivity contribution is 6.31. The molecular weight excluding hydrogens is 266 g/mol. The molecule has 1 aromatic rings. The van der Waals surface area contributed by atoms with Crippen LogP contribution in [0.3, 0.4) is 0 Å². The van der Waals surface area contributed by atoms with E-state index in [-0.39, 0.29) is 29.3 Å². The fourth-order valence-electron chi connectivity index (χ4n) is 1.10. The molecule has 0 aliphatic rings. The zero-order valence-corrected chi connectivity index (χ0v) is 11.1. The second-order valence-electron chi connectivity index (χ2n) is 3.89. The Morgan fingerprint density at radius 2 is 2.06 bits per heavy atom. The smallest absolute Gasteiger partial charge is 0.241 e. The summed E-state index contributed by atoms with van der Waals surface area (Å²) < 4.78 is 12.9. The Bertz CT molecular complexity index is 399. The highest BCUT2D eigenvalue weighted by Gasteiger charge is 2.17. The van der Waals surface area contributed by atoms with Gasteiger partial charge in [0.15, 0.2) is 0 Å². The topological polar surface area (TPSA) is 55.1 Å². The van der Waals surface area contributed by atoms with Gasteiger partial charge in [-0.1, -0.05) is 25.4 Å². The van der Waals surface area contributed by atoms with Gasteiger partial charge in [0.05, 0.1) is 11.1 Å². The van der Waals surface area contributed by atoms with Crippen LogP contribution in [0, 0.1) is 11.7 Å². The van der Waals surface area contributed by atoms with E-state index in [9.17, 15) is 9.18 Å². The van der Waals surface area contributed by atoms with Gasteiger partial charge in [-0.05, 0) is 24.1 Å². The van der Waals surface area contributed by atoms with Crippen LogP contribution in [0.15, 0.2) is 18.2 Å². The van der Waals surface area contributed by atoms with Gasteiger partial charge in [-0.3, -0.25) is 4.79 Å². The Morgan fingerprint density at radius 3 is 2.53 bits per heavy atom. The second-order valence-corrected chi connectivity index (χ2v) is 4.30. The van der Waals surface area contributed by atoms with E-state index in [1.54, 1.807) is 0 Å². The lowest BCUT2D eigenvalue weighted by Gasteiger charge is -2.15. The van der Waals surface area contributed by atoms with Gasteiger partial charge in [-0.15, -0.1) is 12.4 Å². The molecule has 0 spiro atoms. The molecule has 3 nitrogen and oxygen atoms in total. The molecule has 0 aliphatic carbocycles. The molecule has 0 heterocycles. The van der Waals surface area contributed by atoms with Crippen molar-refractivity contribution >= 4 is 35.6 Å². The highest BCUT2D eigenvalue weighted by Crippen LogP contribution is 2.19. The molecule has 0 aromatic heterocycles. The molecule has 96 valence electrons. The number of hydrogen-bond donors (Lipinski definition) is 2. The molecule has 1 atom stereocenters. The van der Waals surface area contributed by atoms with Crippen molar-refractivity contribution in [3.05, 3.63) is 29.0 Å². The van der Waals surface area contributed by atoms with Gasteiger partial charge in [0.25, 0.3) is 0 Å². The Balaban J connectivity index is 0.00000256. The van der Waals surface area contributed by atoms with E-state index >= 15 is 0 Å². The molecule has 0 fully saturated rings. The SMILES string of the molecule is CC(C)C(N)C(=O)Nc1ccc(F)c(Cl)c1.Cl. The van der Waals surface area contributed by atoms with E-state index < -0.39 is 11.9 Å². The predicted octanol–water partition coefficient (Wildman–Crippen LogP) is 2.82. The summed E-state index contributed by atoms with van der Waals surface area (Å²) in [5.74, 6) is -0.790. The van der Waals surface area contributed by atoms with Crippen molar-refractivity contribution in [2.24, 2.45) is 11.7 Å². The van der Waals surface area contributed by atoms with Gasteiger partial charge in [-0.2, -0.15) is 0 Å². The third kappa shape index (κ3) is 4.50. The minimum absolute atomic E-state index is 0. The summed E-state index contributed by atoms with van der Waals surface area (Å²) in [4.78, 5) is 11.6. The maximum Gasteiger partial charge on any atom is 0.241 e. The first-order chi connectivity index (χ1) is 7.41. The average molecular weight is 281 g/mol. The molecule has 1 unspecified atom stereocenters.